The number of hydrogen-bond acceptors (Lipinski definition) is 5. The number of pyridine rings is 1. The van der Waals surface area contributed by atoms with Crippen LogP contribution in [0.3, 0.4) is 0 Å². The van der Waals surface area contributed by atoms with Gasteiger partial charge in [0.25, 0.3) is 0 Å². The summed E-state index contributed by atoms with van der Waals surface area (Å²) >= 11 is 0. The molecule has 6 nitrogen and oxygen atoms in total. The Hall–Kier alpha value is -2.41. The van der Waals surface area contributed by atoms with Crippen molar-refractivity contribution in [3.05, 3.63) is 48.3 Å². The van der Waals surface area contributed by atoms with Gasteiger partial charge >= 0.3 is 0 Å². The first-order chi connectivity index (χ1) is 15.1. The number of aromatic nitrogens is 2. The van der Waals surface area contributed by atoms with Crippen molar-refractivity contribution in [3.8, 4) is 11.3 Å². The fourth-order valence-corrected chi connectivity index (χ4v) is 5.77. The molecule has 2 saturated heterocycles. The van der Waals surface area contributed by atoms with E-state index in [-0.39, 0.29) is 6.10 Å². The number of piperazine rings is 1. The van der Waals surface area contributed by atoms with Gasteiger partial charge in [-0.1, -0.05) is 12.1 Å². The monoisotopic (exact) mass is 417 g/mol. The molecule has 6 heteroatoms. The van der Waals surface area contributed by atoms with E-state index in [0.717, 1.165) is 69.9 Å². The number of hydrogen-bond donors (Lipinski definition) is 2. The lowest BCUT2D eigenvalue weighted by Crippen LogP contribution is -2.63. The largest absolute Gasteiger partial charge is 0.393 e. The Morgan fingerprint density at radius 1 is 1.06 bits per heavy atom. The SMILES string of the molecule is CN1CCN(c2ccc(-c3nccc4[nH]c(CN5CC6(CC(O)C6)C5)cc34)cc2)CC1. The lowest BCUT2D eigenvalue weighted by atomic mass is 9.62. The minimum absolute atomic E-state index is 0.0634. The molecule has 3 aromatic rings. The zero-order valence-corrected chi connectivity index (χ0v) is 18.2. The van der Waals surface area contributed by atoms with Crippen LogP contribution in [0, 0.1) is 5.41 Å². The predicted octanol–water partition coefficient (Wildman–Crippen LogP) is 2.94. The van der Waals surface area contributed by atoms with Gasteiger partial charge in [-0.15, -0.1) is 0 Å². The number of aromatic amines is 1. The average molecular weight is 418 g/mol. The molecule has 162 valence electrons. The number of likely N-dealkylation sites (N-methyl/N-ethyl adjacent to an activating group) is 1. The fraction of sp³-hybridized carbons (Fsp3) is 0.480. The quantitative estimate of drug-likeness (QED) is 0.684. The van der Waals surface area contributed by atoms with Gasteiger partial charge in [0, 0.05) is 85.3 Å². The van der Waals surface area contributed by atoms with E-state index in [9.17, 15) is 5.11 Å². The van der Waals surface area contributed by atoms with Gasteiger partial charge in [-0.3, -0.25) is 9.88 Å². The number of likely N-dealkylation sites (tertiary alicyclic amines) is 1. The lowest BCUT2D eigenvalue weighted by Gasteiger charge is -2.57. The van der Waals surface area contributed by atoms with E-state index in [1.165, 1.54) is 22.3 Å². The molecule has 6 rings (SSSR count). The zero-order valence-electron chi connectivity index (χ0n) is 18.2. The molecule has 31 heavy (non-hydrogen) atoms. The fourth-order valence-electron chi connectivity index (χ4n) is 5.77. The molecule has 1 aromatic carbocycles. The molecule has 0 radical (unpaired) electrons. The van der Waals surface area contributed by atoms with Crippen LogP contribution in [0.4, 0.5) is 5.69 Å². The summed E-state index contributed by atoms with van der Waals surface area (Å²) in [6.45, 7) is 7.56. The number of rotatable bonds is 4. The van der Waals surface area contributed by atoms with E-state index in [0.29, 0.717) is 5.41 Å². The first kappa shape index (κ1) is 19.3. The van der Waals surface area contributed by atoms with Crippen LogP contribution in [0.2, 0.25) is 0 Å². The van der Waals surface area contributed by atoms with E-state index in [1.54, 1.807) is 0 Å². The van der Waals surface area contributed by atoms with Gasteiger partial charge in [-0.05, 0) is 44.2 Å². The number of aliphatic hydroxyl groups is 1. The molecule has 1 aliphatic carbocycles. The van der Waals surface area contributed by atoms with Gasteiger partial charge < -0.3 is 19.9 Å². The van der Waals surface area contributed by atoms with Crippen LogP contribution in [0.1, 0.15) is 18.5 Å². The number of nitrogens with one attached hydrogen (secondary N) is 1. The van der Waals surface area contributed by atoms with Crippen molar-refractivity contribution in [2.24, 2.45) is 5.41 Å². The summed E-state index contributed by atoms with van der Waals surface area (Å²) in [5, 5.41) is 10.8. The maximum Gasteiger partial charge on any atom is 0.0795 e. The molecule has 4 heterocycles. The summed E-state index contributed by atoms with van der Waals surface area (Å²) < 4.78 is 0. The molecular weight excluding hydrogens is 386 g/mol. The number of aliphatic hydroxyl groups excluding tert-OH is 1. The third kappa shape index (κ3) is 3.53. The predicted molar refractivity (Wildman–Crippen MR) is 124 cm³/mol. The van der Waals surface area contributed by atoms with E-state index in [1.807, 2.05) is 6.20 Å². The second kappa shape index (κ2) is 7.33. The maximum absolute atomic E-state index is 9.62. The van der Waals surface area contributed by atoms with E-state index < -0.39 is 0 Å². The van der Waals surface area contributed by atoms with Crippen LogP contribution in [-0.2, 0) is 6.54 Å². The summed E-state index contributed by atoms with van der Waals surface area (Å²) in [5.41, 5.74) is 6.31. The highest BCUT2D eigenvalue weighted by atomic mass is 16.3. The smallest absolute Gasteiger partial charge is 0.0795 e. The third-order valence-corrected chi connectivity index (χ3v) is 7.46. The third-order valence-electron chi connectivity index (χ3n) is 7.46. The Bertz CT molecular complexity index is 1070. The highest BCUT2D eigenvalue weighted by Crippen LogP contribution is 2.48. The Kier molecular flexibility index (Phi) is 4.56. The van der Waals surface area contributed by atoms with E-state index >= 15 is 0 Å². The van der Waals surface area contributed by atoms with E-state index in [2.05, 4.69) is 63.1 Å². The summed E-state index contributed by atoms with van der Waals surface area (Å²) in [7, 11) is 2.19. The number of H-pyrrole nitrogens is 1. The second-order valence-corrected chi connectivity index (χ2v) is 9.96. The van der Waals surface area contributed by atoms with Crippen LogP contribution in [-0.4, -0.2) is 77.3 Å². The molecule has 3 fully saturated rings. The molecule has 1 saturated carbocycles. The van der Waals surface area contributed by atoms with Crippen LogP contribution in [0.25, 0.3) is 22.2 Å². The van der Waals surface area contributed by atoms with Crippen LogP contribution in [0.15, 0.2) is 42.6 Å². The molecule has 2 aromatic heterocycles. The number of fused-ring (bicyclic) bond motifs is 1. The van der Waals surface area contributed by atoms with Crippen LogP contribution < -0.4 is 4.90 Å². The molecule has 3 aliphatic rings. The normalized spacial score (nSPS) is 22.1. The Balaban J connectivity index is 1.19. The highest BCUT2D eigenvalue weighted by Gasteiger charge is 2.51. The molecule has 0 amide bonds. The molecule has 1 spiro atoms. The Labute approximate surface area is 183 Å². The van der Waals surface area contributed by atoms with Gasteiger partial charge in [0.15, 0.2) is 0 Å². The summed E-state index contributed by atoms with van der Waals surface area (Å²) in [6.07, 6.45) is 3.80. The van der Waals surface area contributed by atoms with Crippen LogP contribution in [0.5, 0.6) is 0 Å². The second-order valence-electron chi connectivity index (χ2n) is 9.96. The van der Waals surface area contributed by atoms with Crippen molar-refractivity contribution < 1.29 is 5.11 Å². The first-order valence-electron chi connectivity index (χ1n) is 11.5. The average Bonchev–Trinajstić information content (AvgIpc) is 3.14. The summed E-state index contributed by atoms with van der Waals surface area (Å²) in [4.78, 5) is 15.7. The van der Waals surface area contributed by atoms with Gasteiger partial charge in [0.05, 0.1) is 11.8 Å². The minimum Gasteiger partial charge on any atom is -0.393 e. The highest BCUT2D eigenvalue weighted by molar-refractivity contribution is 5.93. The topological polar surface area (TPSA) is 58.6 Å². The summed E-state index contributed by atoms with van der Waals surface area (Å²) in [6, 6.07) is 13.2. The molecule has 2 N–H and O–H groups in total. The van der Waals surface area contributed by atoms with Crippen molar-refractivity contribution in [2.45, 2.75) is 25.5 Å². The number of nitrogens with zero attached hydrogens (tertiary/aromatic N) is 4. The minimum atomic E-state index is -0.0634. The van der Waals surface area contributed by atoms with Crippen molar-refractivity contribution in [1.29, 1.82) is 0 Å². The standard InChI is InChI=1S/C25H31N5O/c1-28-8-10-30(11-9-28)20-4-2-18(3-5-20)24-22-12-19(27-23(22)6-7-26-24)15-29-16-25(17-29)13-21(31)14-25/h2-7,12,21,27,31H,8-11,13-17H2,1H3. The molecule has 0 atom stereocenters. The molecule has 0 bridgehead atoms. The number of benzene rings is 1. The summed E-state index contributed by atoms with van der Waals surface area (Å²) in [5.74, 6) is 0. The Morgan fingerprint density at radius 2 is 1.81 bits per heavy atom. The van der Waals surface area contributed by atoms with Gasteiger partial charge in [0.2, 0.25) is 0 Å². The molecule has 0 unspecified atom stereocenters. The Morgan fingerprint density at radius 3 is 2.52 bits per heavy atom. The van der Waals surface area contributed by atoms with Gasteiger partial charge in [0.1, 0.15) is 0 Å². The van der Waals surface area contributed by atoms with Crippen molar-refractivity contribution in [1.82, 2.24) is 19.8 Å². The van der Waals surface area contributed by atoms with Crippen molar-refractivity contribution in [2.75, 3.05) is 51.2 Å². The lowest BCUT2D eigenvalue weighted by molar-refractivity contribution is -0.131. The molecular formula is C25H31N5O. The molecule has 2 aliphatic heterocycles. The number of anilines is 1. The van der Waals surface area contributed by atoms with Gasteiger partial charge in [-0.25, -0.2) is 0 Å². The van der Waals surface area contributed by atoms with Crippen molar-refractivity contribution in [3.63, 3.8) is 0 Å². The van der Waals surface area contributed by atoms with Crippen LogP contribution >= 0.6 is 0 Å². The van der Waals surface area contributed by atoms with Crippen molar-refractivity contribution >= 4 is 16.6 Å². The zero-order chi connectivity index (χ0) is 21.0. The van der Waals surface area contributed by atoms with Gasteiger partial charge in [-0.2, -0.15) is 0 Å². The van der Waals surface area contributed by atoms with E-state index in [4.69, 9.17) is 4.98 Å². The first-order valence-corrected chi connectivity index (χ1v) is 11.5. The maximum atomic E-state index is 9.62.